The van der Waals surface area contributed by atoms with E-state index >= 15 is 0 Å². The van der Waals surface area contributed by atoms with Crippen LogP contribution < -0.4 is 5.32 Å². The number of ether oxygens (including phenoxy) is 2. The molecule has 32 heavy (non-hydrogen) atoms. The third-order valence-electron chi connectivity index (χ3n) is 4.41. The van der Waals surface area contributed by atoms with Gasteiger partial charge in [-0.25, -0.2) is 9.59 Å². The predicted octanol–water partition coefficient (Wildman–Crippen LogP) is 1.19. The normalized spacial score (nSPS) is 18.1. The number of hydrogen-bond donors (Lipinski definition) is 5. The van der Waals surface area contributed by atoms with E-state index in [2.05, 4.69) is 5.32 Å². The average Bonchev–Trinajstić information content (AvgIpc) is 3.09. The van der Waals surface area contributed by atoms with Gasteiger partial charge in [-0.15, -0.1) is 0 Å². The molecule has 2 atom stereocenters. The van der Waals surface area contributed by atoms with Gasteiger partial charge in [-0.1, -0.05) is 12.1 Å². The molecule has 1 saturated heterocycles. The van der Waals surface area contributed by atoms with Crippen molar-refractivity contribution in [1.29, 1.82) is 0 Å². The van der Waals surface area contributed by atoms with Crippen molar-refractivity contribution in [3.63, 3.8) is 0 Å². The van der Waals surface area contributed by atoms with Crippen LogP contribution in [0.4, 0.5) is 0 Å². The molecule has 166 valence electrons. The summed E-state index contributed by atoms with van der Waals surface area (Å²) in [5.74, 6) is -3.65. The van der Waals surface area contributed by atoms with Crippen LogP contribution in [0.15, 0.2) is 48.6 Å². The number of amides is 1. The second-order valence-electron chi connectivity index (χ2n) is 6.74. The van der Waals surface area contributed by atoms with E-state index in [4.69, 9.17) is 9.47 Å². The van der Waals surface area contributed by atoms with Crippen LogP contribution in [-0.4, -0.2) is 57.0 Å². The number of rotatable bonds is 6. The maximum Gasteiger partial charge on any atom is 0.331 e. The summed E-state index contributed by atoms with van der Waals surface area (Å²) in [5, 5.41) is 39.9. The Kier molecular flexibility index (Phi) is 6.64. The molecule has 2 aromatic carbocycles. The van der Waals surface area contributed by atoms with E-state index < -0.39 is 30.1 Å². The van der Waals surface area contributed by atoms with Crippen molar-refractivity contribution in [3.05, 3.63) is 59.7 Å². The second kappa shape index (κ2) is 9.56. The molecule has 0 bridgehead atoms. The first-order valence-corrected chi connectivity index (χ1v) is 9.32. The number of esters is 2. The molecule has 2 aromatic rings. The Bertz CT molecular complexity index is 1110. The van der Waals surface area contributed by atoms with Crippen molar-refractivity contribution >= 4 is 30.0 Å². The van der Waals surface area contributed by atoms with Gasteiger partial charge < -0.3 is 35.2 Å². The van der Waals surface area contributed by atoms with Gasteiger partial charge in [-0.05, 0) is 47.5 Å². The summed E-state index contributed by atoms with van der Waals surface area (Å²) in [4.78, 5) is 36.1. The molecule has 0 unspecified atom stereocenters. The Labute approximate surface area is 181 Å². The van der Waals surface area contributed by atoms with Crippen LogP contribution in [-0.2, 0) is 23.9 Å². The first-order valence-electron chi connectivity index (χ1n) is 9.32. The van der Waals surface area contributed by atoms with E-state index in [1.165, 1.54) is 48.6 Å². The van der Waals surface area contributed by atoms with E-state index in [0.29, 0.717) is 11.1 Å². The van der Waals surface area contributed by atoms with Gasteiger partial charge in [0.25, 0.3) is 5.91 Å². The largest absolute Gasteiger partial charge is 0.504 e. The number of hydrogen-bond acceptors (Lipinski definition) is 9. The van der Waals surface area contributed by atoms with Crippen molar-refractivity contribution < 1.29 is 44.3 Å². The summed E-state index contributed by atoms with van der Waals surface area (Å²) < 4.78 is 10.3. The summed E-state index contributed by atoms with van der Waals surface area (Å²) in [5.41, 5.74) is 0.827. The first kappa shape index (κ1) is 22.2. The van der Waals surface area contributed by atoms with Crippen LogP contribution in [0.25, 0.3) is 12.2 Å². The lowest BCUT2D eigenvalue weighted by Crippen LogP contribution is -2.35. The van der Waals surface area contributed by atoms with Gasteiger partial charge in [0.15, 0.2) is 29.1 Å². The molecular formula is C22H19NO9. The number of nitrogens with one attached hydrogen (secondary N) is 1. The van der Waals surface area contributed by atoms with Crippen LogP contribution in [0.5, 0.6) is 23.0 Å². The minimum absolute atomic E-state index is 0.0497. The van der Waals surface area contributed by atoms with E-state index in [0.717, 1.165) is 12.2 Å². The molecule has 0 aliphatic carbocycles. The van der Waals surface area contributed by atoms with Crippen molar-refractivity contribution in [3.8, 4) is 23.0 Å². The molecule has 0 aromatic heterocycles. The summed E-state index contributed by atoms with van der Waals surface area (Å²) in [6.45, 7) is -0.0497. The molecule has 1 fully saturated rings. The van der Waals surface area contributed by atoms with Gasteiger partial charge in [0.2, 0.25) is 6.10 Å². The van der Waals surface area contributed by atoms with Crippen LogP contribution in [0.2, 0.25) is 0 Å². The summed E-state index contributed by atoms with van der Waals surface area (Å²) in [6, 6.07) is 7.88. The minimum Gasteiger partial charge on any atom is -0.504 e. The Morgan fingerprint density at radius 3 is 1.81 bits per heavy atom. The maximum atomic E-state index is 12.1. The zero-order valence-corrected chi connectivity index (χ0v) is 16.5. The molecular weight excluding hydrogens is 422 g/mol. The van der Waals surface area contributed by atoms with Crippen molar-refractivity contribution in [2.45, 2.75) is 12.2 Å². The van der Waals surface area contributed by atoms with E-state index in [1.54, 1.807) is 0 Å². The minimum atomic E-state index is -1.35. The summed E-state index contributed by atoms with van der Waals surface area (Å²) in [6.07, 6.45) is 2.32. The van der Waals surface area contributed by atoms with Crippen molar-refractivity contribution in [2.24, 2.45) is 0 Å². The molecule has 5 N–H and O–H groups in total. The number of carbonyl (C=O) groups excluding carboxylic acids is 3. The maximum absolute atomic E-state index is 12.1. The highest BCUT2D eigenvalue weighted by Gasteiger charge is 2.40. The SMILES string of the molecule is O=C(/C=C/c1ccc(O)c(O)c1)O[C@H]1CNC(=O)[C@@H]1OC(=O)/C=C/c1ccc(O)c(O)c1. The van der Waals surface area contributed by atoms with Gasteiger partial charge in [0.1, 0.15) is 0 Å². The molecule has 1 amide bonds. The average molecular weight is 441 g/mol. The first-order chi connectivity index (χ1) is 15.2. The fourth-order valence-electron chi connectivity index (χ4n) is 2.78. The smallest absolute Gasteiger partial charge is 0.331 e. The standard InChI is InChI=1S/C22H19NO9/c24-14-5-1-12(9-16(14)26)3-7-19(28)31-18-11-23-22(30)21(18)32-20(29)8-4-13-2-6-15(25)17(27)10-13/h1-10,18,21,24-27H,11H2,(H,23,30)/b7-3+,8-4+/t18-,21+/m0/s1. The third-order valence-corrected chi connectivity index (χ3v) is 4.41. The highest BCUT2D eigenvalue weighted by Crippen LogP contribution is 2.26. The van der Waals surface area contributed by atoms with Crippen LogP contribution in [0, 0.1) is 0 Å². The fraction of sp³-hybridized carbons (Fsp3) is 0.136. The molecule has 0 radical (unpaired) electrons. The third kappa shape index (κ3) is 5.57. The van der Waals surface area contributed by atoms with E-state index in [1.807, 2.05) is 0 Å². The highest BCUT2D eigenvalue weighted by atomic mass is 16.6. The number of aromatic hydroxyl groups is 4. The number of benzene rings is 2. The molecule has 10 heteroatoms. The Hall–Kier alpha value is -4.47. The molecule has 10 nitrogen and oxygen atoms in total. The van der Waals surface area contributed by atoms with Crippen LogP contribution >= 0.6 is 0 Å². The number of carbonyl (C=O) groups is 3. The zero-order chi connectivity index (χ0) is 23.3. The molecule has 1 aliphatic rings. The van der Waals surface area contributed by atoms with Gasteiger partial charge >= 0.3 is 11.9 Å². The molecule has 1 heterocycles. The van der Waals surface area contributed by atoms with Gasteiger partial charge in [0, 0.05) is 12.2 Å². The van der Waals surface area contributed by atoms with Crippen molar-refractivity contribution in [2.75, 3.05) is 6.54 Å². The van der Waals surface area contributed by atoms with Gasteiger partial charge in [0.05, 0.1) is 6.54 Å². The lowest BCUT2D eigenvalue weighted by Gasteiger charge is -2.16. The van der Waals surface area contributed by atoms with E-state index in [9.17, 15) is 34.8 Å². The van der Waals surface area contributed by atoms with Gasteiger partial charge in [-0.3, -0.25) is 4.79 Å². The van der Waals surface area contributed by atoms with Crippen LogP contribution in [0.1, 0.15) is 11.1 Å². The lowest BCUT2D eigenvalue weighted by molar-refractivity contribution is -0.161. The Morgan fingerprint density at radius 2 is 1.31 bits per heavy atom. The monoisotopic (exact) mass is 441 g/mol. The molecule has 3 rings (SSSR count). The predicted molar refractivity (Wildman–Crippen MR) is 110 cm³/mol. The molecule has 1 aliphatic heterocycles. The quantitative estimate of drug-likeness (QED) is 0.252. The second-order valence-corrected chi connectivity index (χ2v) is 6.74. The number of phenolic OH excluding ortho intramolecular Hbond substituents is 4. The summed E-state index contributed by atoms with van der Waals surface area (Å²) >= 11 is 0. The Morgan fingerprint density at radius 1 is 0.812 bits per heavy atom. The number of phenols is 4. The fourth-order valence-corrected chi connectivity index (χ4v) is 2.78. The van der Waals surface area contributed by atoms with Crippen LogP contribution in [0.3, 0.4) is 0 Å². The summed E-state index contributed by atoms with van der Waals surface area (Å²) in [7, 11) is 0. The molecule has 0 spiro atoms. The zero-order valence-electron chi connectivity index (χ0n) is 16.5. The molecule has 0 saturated carbocycles. The van der Waals surface area contributed by atoms with Crippen molar-refractivity contribution in [1.82, 2.24) is 5.32 Å². The topological polar surface area (TPSA) is 163 Å². The van der Waals surface area contributed by atoms with Gasteiger partial charge in [-0.2, -0.15) is 0 Å². The highest BCUT2D eigenvalue weighted by molar-refractivity contribution is 5.92. The van der Waals surface area contributed by atoms with E-state index in [-0.39, 0.29) is 29.5 Å². The lowest BCUT2D eigenvalue weighted by atomic mass is 10.2. The Balaban J connectivity index is 1.59.